The molecule has 3 aromatic rings. The summed E-state index contributed by atoms with van der Waals surface area (Å²) in [4.78, 5) is 23.2. The minimum Gasteiger partial charge on any atom is -0.494 e. The maximum Gasteiger partial charge on any atom is 0.391 e. The molecular formula is C38H49F3O4. The van der Waals surface area contributed by atoms with Crippen LogP contribution in [-0.4, -0.2) is 25.4 Å². The van der Waals surface area contributed by atoms with Crippen molar-refractivity contribution in [2.45, 2.75) is 103 Å². The Morgan fingerprint density at radius 1 is 0.667 bits per heavy atom. The Morgan fingerprint density at radius 3 is 1.96 bits per heavy atom. The molecule has 0 amide bonds. The fraction of sp³-hybridized carbons (Fsp3) is 0.500. The van der Waals surface area contributed by atoms with E-state index in [4.69, 9.17) is 14.5 Å². The molecule has 0 saturated carbocycles. The van der Waals surface area contributed by atoms with Crippen molar-refractivity contribution >= 4 is 5.97 Å². The topological polar surface area (TPSA) is 44.8 Å². The maximum absolute atomic E-state index is 13.3. The number of ether oxygens (including phenoxy) is 1. The summed E-state index contributed by atoms with van der Waals surface area (Å²) < 4.78 is 45.7. The third-order valence-corrected chi connectivity index (χ3v) is 8.06. The van der Waals surface area contributed by atoms with Gasteiger partial charge in [0, 0.05) is 0 Å². The first-order chi connectivity index (χ1) is 21.8. The van der Waals surface area contributed by atoms with E-state index in [0.29, 0.717) is 30.8 Å². The second-order valence-electron chi connectivity index (χ2n) is 11.7. The van der Waals surface area contributed by atoms with Gasteiger partial charge in [0.1, 0.15) is 5.75 Å². The third-order valence-electron chi connectivity index (χ3n) is 8.06. The zero-order valence-electron chi connectivity index (χ0n) is 26.9. The van der Waals surface area contributed by atoms with Crippen LogP contribution in [0.1, 0.15) is 108 Å². The molecule has 246 valence electrons. The minimum absolute atomic E-state index is 0.0632. The van der Waals surface area contributed by atoms with Gasteiger partial charge < -0.3 is 4.74 Å². The van der Waals surface area contributed by atoms with E-state index < -0.39 is 18.1 Å². The van der Waals surface area contributed by atoms with Gasteiger partial charge in [-0.15, -0.1) is 0 Å². The van der Waals surface area contributed by atoms with Crippen molar-refractivity contribution in [2.24, 2.45) is 5.92 Å². The van der Waals surface area contributed by atoms with Gasteiger partial charge in [-0.2, -0.15) is 18.1 Å². The van der Waals surface area contributed by atoms with Crippen LogP contribution in [0.2, 0.25) is 0 Å². The van der Waals surface area contributed by atoms with Crippen LogP contribution in [0.15, 0.2) is 72.8 Å². The number of carbonyl (C=O) groups excluding carboxylic acids is 1. The monoisotopic (exact) mass is 626 g/mol. The number of benzene rings is 3. The van der Waals surface area contributed by atoms with Crippen molar-refractivity contribution in [3.63, 3.8) is 0 Å². The fourth-order valence-corrected chi connectivity index (χ4v) is 5.39. The van der Waals surface area contributed by atoms with Crippen LogP contribution in [0.4, 0.5) is 13.2 Å². The second-order valence-corrected chi connectivity index (χ2v) is 11.7. The van der Waals surface area contributed by atoms with Crippen molar-refractivity contribution in [1.29, 1.82) is 0 Å². The number of hydrogen-bond acceptors (Lipinski definition) is 4. The molecule has 45 heavy (non-hydrogen) atoms. The summed E-state index contributed by atoms with van der Waals surface area (Å²) in [7, 11) is 0. The number of alkyl halides is 3. The summed E-state index contributed by atoms with van der Waals surface area (Å²) in [6, 6.07) is 22.7. The largest absolute Gasteiger partial charge is 0.494 e. The molecule has 7 heteroatoms. The number of rotatable bonds is 21. The van der Waals surface area contributed by atoms with Gasteiger partial charge in [-0.05, 0) is 72.2 Å². The van der Waals surface area contributed by atoms with E-state index >= 15 is 0 Å². The first-order valence-electron chi connectivity index (χ1n) is 16.7. The summed E-state index contributed by atoms with van der Waals surface area (Å²) in [6.07, 6.45) is 7.09. The highest BCUT2D eigenvalue weighted by Crippen LogP contribution is 2.35. The summed E-state index contributed by atoms with van der Waals surface area (Å²) in [6.45, 7) is 4.70. The van der Waals surface area contributed by atoms with Crippen LogP contribution >= 0.6 is 0 Å². The normalized spacial score (nSPS) is 12.2. The molecule has 0 spiro atoms. The Balaban J connectivity index is 1.59. The van der Waals surface area contributed by atoms with Crippen LogP contribution in [-0.2, 0) is 9.78 Å². The zero-order valence-corrected chi connectivity index (χ0v) is 26.9. The predicted molar refractivity (Wildman–Crippen MR) is 175 cm³/mol. The number of unbranched alkanes of at least 4 members (excludes halogenated alkanes) is 8. The summed E-state index contributed by atoms with van der Waals surface area (Å²) in [5.41, 5.74) is 4.04. The van der Waals surface area contributed by atoms with Crippen molar-refractivity contribution in [3.05, 3.63) is 78.4 Å². The lowest BCUT2D eigenvalue weighted by atomic mass is 9.93. The molecule has 0 aromatic heterocycles. The fourth-order valence-electron chi connectivity index (χ4n) is 5.39. The van der Waals surface area contributed by atoms with Crippen LogP contribution in [0.3, 0.4) is 0 Å². The van der Waals surface area contributed by atoms with Gasteiger partial charge >= 0.3 is 12.1 Å². The third kappa shape index (κ3) is 12.9. The standard InChI is InChI=1S/C38H49F3O4/c1-3-5-7-8-9-10-11-15-28-44-45-37(42)32-23-26-35(30-17-13-12-14-18-30)36(29-32)31-21-24-34(25-22-31)43-27-16-20-33(19-6-4-2)38(39,40)41/h12-14,17-18,21-26,29,33H,3-11,15-16,19-20,27-28H2,1-2H3. The average Bonchev–Trinajstić information content (AvgIpc) is 3.05. The quantitative estimate of drug-likeness (QED) is 0.0670. The minimum atomic E-state index is -4.17. The highest BCUT2D eigenvalue weighted by atomic mass is 19.4. The predicted octanol–water partition coefficient (Wildman–Crippen LogP) is 11.8. The molecule has 1 atom stereocenters. The average molecular weight is 627 g/mol. The van der Waals surface area contributed by atoms with Gasteiger partial charge in [0.25, 0.3) is 0 Å². The molecule has 3 aromatic carbocycles. The lowest BCUT2D eigenvalue weighted by Gasteiger charge is -2.20. The van der Waals surface area contributed by atoms with Crippen molar-refractivity contribution in [3.8, 4) is 28.0 Å². The number of hydrogen-bond donors (Lipinski definition) is 0. The van der Waals surface area contributed by atoms with Crippen molar-refractivity contribution in [2.75, 3.05) is 13.2 Å². The molecule has 1 unspecified atom stereocenters. The Kier molecular flexibility index (Phi) is 16.0. The van der Waals surface area contributed by atoms with Crippen molar-refractivity contribution in [1.82, 2.24) is 0 Å². The van der Waals surface area contributed by atoms with Crippen LogP contribution < -0.4 is 4.74 Å². The Labute approximate surface area is 267 Å². The summed E-state index contributed by atoms with van der Waals surface area (Å²) in [5.74, 6) is -1.25. The SMILES string of the molecule is CCCCCCCCCCOOC(=O)c1ccc(-c2ccccc2)c(-c2ccc(OCCCC(CCCC)C(F)(F)F)cc2)c1. The molecule has 0 aliphatic heterocycles. The number of halogens is 3. The number of carbonyl (C=O) groups is 1. The zero-order chi connectivity index (χ0) is 32.3. The van der Waals surface area contributed by atoms with Gasteiger partial charge in [0.05, 0.1) is 24.7 Å². The molecule has 0 fully saturated rings. The van der Waals surface area contributed by atoms with Crippen molar-refractivity contribution < 1.29 is 32.5 Å². The van der Waals surface area contributed by atoms with E-state index in [1.165, 1.54) is 32.1 Å². The van der Waals surface area contributed by atoms with Crippen LogP contribution in [0.5, 0.6) is 5.75 Å². The highest BCUT2D eigenvalue weighted by molar-refractivity contribution is 5.94. The molecular weight excluding hydrogens is 577 g/mol. The first kappa shape index (κ1) is 36.2. The molecule has 4 nitrogen and oxygen atoms in total. The lowest BCUT2D eigenvalue weighted by Crippen LogP contribution is -2.23. The van der Waals surface area contributed by atoms with Crippen LogP contribution in [0.25, 0.3) is 22.3 Å². The van der Waals surface area contributed by atoms with E-state index in [-0.39, 0.29) is 19.4 Å². The highest BCUT2D eigenvalue weighted by Gasteiger charge is 2.38. The molecule has 0 saturated heterocycles. The van der Waals surface area contributed by atoms with E-state index in [0.717, 1.165) is 47.9 Å². The Morgan fingerprint density at radius 2 is 1.29 bits per heavy atom. The van der Waals surface area contributed by atoms with E-state index in [1.807, 2.05) is 55.5 Å². The van der Waals surface area contributed by atoms with Gasteiger partial charge in [0.15, 0.2) is 0 Å². The van der Waals surface area contributed by atoms with Gasteiger partial charge in [-0.3, -0.25) is 4.89 Å². The van der Waals surface area contributed by atoms with E-state index in [1.54, 1.807) is 24.3 Å². The molecule has 0 aliphatic carbocycles. The Bertz CT molecular complexity index is 1240. The molecule has 0 N–H and O–H groups in total. The van der Waals surface area contributed by atoms with Gasteiger partial charge in [-0.1, -0.05) is 120 Å². The summed E-state index contributed by atoms with van der Waals surface area (Å²) in [5, 5.41) is 0. The second kappa shape index (κ2) is 19.9. The Hall–Kier alpha value is -3.32. The lowest BCUT2D eigenvalue weighted by molar-refractivity contribution is -0.241. The summed E-state index contributed by atoms with van der Waals surface area (Å²) >= 11 is 0. The van der Waals surface area contributed by atoms with Gasteiger partial charge in [0.2, 0.25) is 0 Å². The molecule has 0 radical (unpaired) electrons. The first-order valence-corrected chi connectivity index (χ1v) is 16.7. The van der Waals surface area contributed by atoms with E-state index in [2.05, 4.69) is 6.92 Å². The molecule has 3 rings (SSSR count). The van der Waals surface area contributed by atoms with E-state index in [9.17, 15) is 18.0 Å². The molecule has 0 heterocycles. The smallest absolute Gasteiger partial charge is 0.391 e. The maximum atomic E-state index is 13.3. The molecule has 0 aliphatic rings. The molecule has 0 bridgehead atoms. The van der Waals surface area contributed by atoms with Gasteiger partial charge in [-0.25, -0.2) is 4.79 Å². The van der Waals surface area contributed by atoms with Crippen LogP contribution in [0, 0.1) is 5.92 Å².